The maximum atomic E-state index is 7.51. The van der Waals surface area contributed by atoms with Gasteiger partial charge in [-0.3, -0.25) is 0 Å². The highest BCUT2D eigenvalue weighted by molar-refractivity contribution is 5.45. The summed E-state index contributed by atoms with van der Waals surface area (Å²) < 4.78 is 9.21. The van der Waals surface area contributed by atoms with Gasteiger partial charge in [0.15, 0.2) is 0 Å². The first-order chi connectivity index (χ1) is 9.24. The van der Waals surface area contributed by atoms with Gasteiger partial charge in [-0.2, -0.15) is 5.26 Å². The molecule has 3 nitrogen and oxygen atoms in total. The van der Waals surface area contributed by atoms with Gasteiger partial charge in [0.2, 0.25) is 0 Å². The summed E-state index contributed by atoms with van der Waals surface area (Å²) in [6, 6.07) is 11.7. The number of epoxide rings is 2. The fraction of sp³-hybridized carbons (Fsp3) is 0.312. The van der Waals surface area contributed by atoms with E-state index in [1.165, 1.54) is 11.6 Å². The Morgan fingerprint density at radius 2 is 1.68 bits per heavy atom. The summed E-state index contributed by atoms with van der Waals surface area (Å²) in [6.45, 7) is 11.8. The van der Waals surface area contributed by atoms with Gasteiger partial charge in [-0.05, 0) is 12.5 Å². The zero-order valence-electron chi connectivity index (χ0n) is 11.4. The van der Waals surface area contributed by atoms with E-state index in [0.717, 1.165) is 19.8 Å². The Morgan fingerprint density at radius 1 is 1.26 bits per heavy atom. The molecular formula is C16H21NO2. The fourth-order valence-electron chi connectivity index (χ4n) is 0.685. The molecule has 0 aliphatic carbocycles. The Kier molecular flexibility index (Phi) is 11.3. The molecule has 2 aliphatic rings. The van der Waals surface area contributed by atoms with Crippen molar-refractivity contribution < 1.29 is 9.47 Å². The molecule has 3 heteroatoms. The van der Waals surface area contributed by atoms with Crippen molar-refractivity contribution in [2.45, 2.75) is 13.0 Å². The van der Waals surface area contributed by atoms with Crippen LogP contribution in [0.3, 0.4) is 0 Å². The quantitative estimate of drug-likeness (QED) is 0.573. The largest absolute Gasteiger partial charge is 0.377 e. The summed E-state index contributed by atoms with van der Waals surface area (Å²) in [5, 5.41) is 7.51. The zero-order valence-corrected chi connectivity index (χ0v) is 11.4. The summed E-state index contributed by atoms with van der Waals surface area (Å²) in [6.07, 6.45) is 3.60. The van der Waals surface area contributed by atoms with Crippen LogP contribution in [0.2, 0.25) is 0 Å². The Bertz CT molecular complexity index is 373. The van der Waals surface area contributed by atoms with E-state index < -0.39 is 0 Å². The third-order valence-electron chi connectivity index (χ3n) is 1.83. The number of hydrogen-bond acceptors (Lipinski definition) is 3. The summed E-state index contributed by atoms with van der Waals surface area (Å²) in [4.78, 5) is 0. The van der Waals surface area contributed by atoms with E-state index in [0.29, 0.717) is 6.10 Å². The average Bonchev–Trinajstić information content (AvgIpc) is 3.34. The average molecular weight is 259 g/mol. The third kappa shape index (κ3) is 18.7. The lowest BCUT2D eigenvalue weighted by molar-refractivity contribution is 0.423. The first-order valence-electron chi connectivity index (χ1n) is 6.12. The number of allylic oxidation sites excluding steroid dienone is 1. The van der Waals surface area contributed by atoms with Crippen molar-refractivity contribution in [2.24, 2.45) is 0 Å². The summed E-state index contributed by atoms with van der Waals surface area (Å²) in [5.41, 5.74) is 1.17. The molecular weight excluding hydrogens is 238 g/mol. The van der Waals surface area contributed by atoms with Crippen LogP contribution in [0.25, 0.3) is 6.08 Å². The topological polar surface area (TPSA) is 48.9 Å². The minimum Gasteiger partial charge on any atom is -0.377 e. The van der Waals surface area contributed by atoms with Crippen LogP contribution in [0.5, 0.6) is 0 Å². The molecule has 0 aromatic heterocycles. The van der Waals surface area contributed by atoms with Crippen LogP contribution in [-0.2, 0) is 9.47 Å². The van der Waals surface area contributed by atoms with E-state index in [2.05, 4.69) is 24.8 Å². The molecule has 0 radical (unpaired) electrons. The zero-order chi connectivity index (χ0) is 14.3. The molecule has 19 heavy (non-hydrogen) atoms. The number of hydrogen-bond donors (Lipinski definition) is 0. The van der Waals surface area contributed by atoms with E-state index in [1.807, 2.05) is 36.4 Å². The molecule has 2 heterocycles. The second-order valence-corrected chi connectivity index (χ2v) is 3.70. The standard InChI is InChI=1S/C8H8.C3H3N.C3H6O.C2H4O/c1-2-8-6-4-3-5-7-8;1-2-3-4;1-3-2-4-3;1-2-3-1/h2-7H,1H2;2H,1H2;3H,2H2,1H3;1-2H2. The van der Waals surface area contributed by atoms with Crippen molar-refractivity contribution in [3.63, 3.8) is 0 Å². The van der Waals surface area contributed by atoms with Crippen LogP contribution in [0, 0.1) is 11.3 Å². The van der Waals surface area contributed by atoms with E-state index in [-0.39, 0.29) is 0 Å². The third-order valence-corrected chi connectivity index (χ3v) is 1.83. The van der Waals surface area contributed by atoms with Gasteiger partial charge in [0.25, 0.3) is 0 Å². The van der Waals surface area contributed by atoms with Gasteiger partial charge in [-0.15, -0.1) is 0 Å². The molecule has 3 rings (SSSR count). The van der Waals surface area contributed by atoms with Crippen molar-refractivity contribution in [1.82, 2.24) is 0 Å². The smallest absolute Gasteiger partial charge is 0.0905 e. The summed E-state index contributed by atoms with van der Waals surface area (Å²) >= 11 is 0. The Morgan fingerprint density at radius 3 is 1.84 bits per heavy atom. The molecule has 102 valence electrons. The molecule has 0 amide bonds. The first kappa shape index (κ1) is 17.1. The van der Waals surface area contributed by atoms with Crippen LogP contribution >= 0.6 is 0 Å². The fourth-order valence-corrected chi connectivity index (χ4v) is 0.685. The van der Waals surface area contributed by atoms with Gasteiger partial charge < -0.3 is 9.47 Å². The number of nitriles is 1. The highest BCUT2D eigenvalue weighted by Crippen LogP contribution is 2.04. The van der Waals surface area contributed by atoms with Gasteiger partial charge in [0.05, 0.1) is 32.0 Å². The number of rotatable bonds is 1. The molecule has 0 N–H and O–H groups in total. The Balaban J connectivity index is 0.000000249. The molecule has 1 aromatic carbocycles. The predicted octanol–water partition coefficient (Wildman–Crippen LogP) is 3.45. The molecule has 0 spiro atoms. The van der Waals surface area contributed by atoms with Crippen LogP contribution in [0.15, 0.2) is 49.6 Å². The van der Waals surface area contributed by atoms with Crippen molar-refractivity contribution in [3.8, 4) is 6.07 Å². The van der Waals surface area contributed by atoms with Crippen LogP contribution < -0.4 is 0 Å². The number of benzene rings is 1. The maximum absolute atomic E-state index is 7.51. The number of ether oxygens (including phenoxy) is 2. The Hall–Kier alpha value is -1.89. The molecule has 2 saturated heterocycles. The molecule has 2 aliphatic heterocycles. The summed E-state index contributed by atoms with van der Waals surface area (Å²) in [7, 11) is 0. The lowest BCUT2D eigenvalue weighted by atomic mass is 10.2. The van der Waals surface area contributed by atoms with Gasteiger partial charge in [0.1, 0.15) is 0 Å². The monoisotopic (exact) mass is 259 g/mol. The number of nitrogens with zero attached hydrogens (tertiary/aromatic N) is 1. The van der Waals surface area contributed by atoms with E-state index in [4.69, 9.17) is 10.00 Å². The second kappa shape index (κ2) is 12.6. The van der Waals surface area contributed by atoms with Crippen LogP contribution in [0.1, 0.15) is 12.5 Å². The second-order valence-electron chi connectivity index (χ2n) is 3.70. The van der Waals surface area contributed by atoms with Gasteiger partial charge >= 0.3 is 0 Å². The SMILES string of the molecule is C1CO1.C=CC#N.C=Cc1ccccc1.CC1CO1. The van der Waals surface area contributed by atoms with Crippen LogP contribution in [0.4, 0.5) is 0 Å². The first-order valence-corrected chi connectivity index (χ1v) is 6.12. The van der Waals surface area contributed by atoms with E-state index in [9.17, 15) is 0 Å². The minimum atomic E-state index is 0.583. The van der Waals surface area contributed by atoms with Gasteiger partial charge in [-0.1, -0.05) is 49.6 Å². The van der Waals surface area contributed by atoms with Crippen molar-refractivity contribution >= 4 is 6.08 Å². The molecule has 0 saturated carbocycles. The molecule has 1 aromatic rings. The highest BCUT2D eigenvalue weighted by Gasteiger charge is 2.13. The van der Waals surface area contributed by atoms with Crippen LogP contribution in [-0.4, -0.2) is 25.9 Å². The predicted molar refractivity (Wildman–Crippen MR) is 78.6 cm³/mol. The lowest BCUT2D eigenvalue weighted by Gasteiger charge is -1.85. The van der Waals surface area contributed by atoms with Crippen molar-refractivity contribution in [3.05, 3.63) is 55.1 Å². The summed E-state index contributed by atoms with van der Waals surface area (Å²) in [5.74, 6) is 0. The van der Waals surface area contributed by atoms with E-state index >= 15 is 0 Å². The normalized spacial score (nSPS) is 16.5. The lowest BCUT2D eigenvalue weighted by Crippen LogP contribution is -1.63. The van der Waals surface area contributed by atoms with Crippen molar-refractivity contribution in [1.29, 1.82) is 5.26 Å². The van der Waals surface area contributed by atoms with Crippen molar-refractivity contribution in [2.75, 3.05) is 19.8 Å². The molecule has 1 unspecified atom stereocenters. The van der Waals surface area contributed by atoms with E-state index in [1.54, 1.807) is 6.07 Å². The van der Waals surface area contributed by atoms with Gasteiger partial charge in [0, 0.05) is 6.08 Å². The molecule has 1 atom stereocenters. The molecule has 0 bridgehead atoms. The minimum absolute atomic E-state index is 0.583. The molecule has 2 fully saturated rings. The Labute approximate surface area is 115 Å². The highest BCUT2D eigenvalue weighted by atomic mass is 16.6. The maximum Gasteiger partial charge on any atom is 0.0905 e. The van der Waals surface area contributed by atoms with Gasteiger partial charge in [-0.25, -0.2) is 0 Å².